The minimum Gasteiger partial charge on any atom is -0.365 e. The number of primary amides is 1. The zero-order chi connectivity index (χ0) is 16.8. The van der Waals surface area contributed by atoms with Crippen LogP contribution in [-0.4, -0.2) is 21.8 Å². The van der Waals surface area contributed by atoms with E-state index in [0.717, 1.165) is 11.3 Å². The van der Waals surface area contributed by atoms with E-state index in [4.69, 9.17) is 5.73 Å². The molecule has 0 aliphatic rings. The normalized spacial score (nSPS) is 10.4. The summed E-state index contributed by atoms with van der Waals surface area (Å²) in [6.45, 7) is 4.19. The quantitative estimate of drug-likeness (QED) is 0.753. The summed E-state index contributed by atoms with van der Waals surface area (Å²) in [4.78, 5) is 30.6. The van der Waals surface area contributed by atoms with Crippen LogP contribution < -0.4 is 16.4 Å². The average molecular weight is 313 g/mol. The lowest BCUT2D eigenvalue weighted by atomic mass is 10.1. The van der Waals surface area contributed by atoms with E-state index in [1.807, 2.05) is 38.1 Å². The van der Waals surface area contributed by atoms with Gasteiger partial charge >= 0.3 is 0 Å². The zero-order valence-electron chi connectivity index (χ0n) is 13.0. The smallest absolute Gasteiger partial charge is 0.268 e. The predicted octanol–water partition coefficient (Wildman–Crippen LogP) is 1.78. The topological polar surface area (TPSA) is 110 Å². The first-order valence-corrected chi connectivity index (χ1v) is 7.21. The summed E-state index contributed by atoms with van der Waals surface area (Å²) in [6, 6.07) is 7.47. The largest absolute Gasteiger partial charge is 0.365 e. The molecule has 0 saturated heterocycles. The van der Waals surface area contributed by atoms with Gasteiger partial charge in [-0.25, -0.2) is 4.98 Å². The van der Waals surface area contributed by atoms with Crippen molar-refractivity contribution in [3.63, 3.8) is 0 Å². The molecule has 0 aliphatic heterocycles. The minimum absolute atomic E-state index is 0.0191. The van der Waals surface area contributed by atoms with Gasteiger partial charge in [-0.3, -0.25) is 14.6 Å². The van der Waals surface area contributed by atoms with Gasteiger partial charge in [-0.15, -0.1) is 0 Å². The summed E-state index contributed by atoms with van der Waals surface area (Å²) in [5, 5.41) is 5.90. The number of nitrogens with one attached hydrogen (secondary N) is 2. The number of nitrogens with two attached hydrogens (primary N) is 1. The maximum atomic E-state index is 11.6. The number of anilines is 2. The SMILES string of the molecule is CC(C)C(=O)Nc1ccc(CNc2cncc(C(N)=O)n2)cc1. The number of aromatic nitrogens is 2. The molecule has 0 fully saturated rings. The van der Waals surface area contributed by atoms with E-state index in [9.17, 15) is 9.59 Å². The molecule has 1 aromatic carbocycles. The van der Waals surface area contributed by atoms with Crippen LogP contribution in [0.1, 0.15) is 29.9 Å². The highest BCUT2D eigenvalue weighted by Crippen LogP contribution is 2.12. The van der Waals surface area contributed by atoms with Crippen LogP contribution in [0.2, 0.25) is 0 Å². The van der Waals surface area contributed by atoms with Crippen LogP contribution in [0.15, 0.2) is 36.7 Å². The van der Waals surface area contributed by atoms with Gasteiger partial charge in [0.2, 0.25) is 5.91 Å². The van der Waals surface area contributed by atoms with Crippen molar-refractivity contribution in [2.24, 2.45) is 11.7 Å². The van der Waals surface area contributed by atoms with Gasteiger partial charge < -0.3 is 16.4 Å². The van der Waals surface area contributed by atoms with Crippen LogP contribution in [0.25, 0.3) is 0 Å². The Hall–Kier alpha value is -2.96. The Morgan fingerprint density at radius 1 is 1.17 bits per heavy atom. The number of hydrogen-bond donors (Lipinski definition) is 3. The molecule has 0 bridgehead atoms. The van der Waals surface area contributed by atoms with E-state index < -0.39 is 5.91 Å². The number of nitrogens with zero attached hydrogens (tertiary/aromatic N) is 2. The minimum atomic E-state index is -0.619. The fraction of sp³-hybridized carbons (Fsp3) is 0.250. The molecule has 0 spiro atoms. The summed E-state index contributed by atoms with van der Waals surface area (Å²) in [7, 11) is 0. The molecule has 0 unspecified atom stereocenters. The van der Waals surface area contributed by atoms with E-state index in [1.54, 1.807) is 0 Å². The predicted molar refractivity (Wildman–Crippen MR) is 87.8 cm³/mol. The first-order chi connectivity index (χ1) is 11.0. The highest BCUT2D eigenvalue weighted by atomic mass is 16.2. The third kappa shape index (κ3) is 4.77. The van der Waals surface area contributed by atoms with Gasteiger partial charge in [0.15, 0.2) is 0 Å². The standard InChI is InChI=1S/C16H19N5O2/c1-10(2)16(23)20-12-5-3-11(4-6-12)7-19-14-9-18-8-13(21-14)15(17)22/h3-6,8-10H,7H2,1-2H3,(H2,17,22)(H,19,21)(H,20,23). The number of carbonyl (C=O) groups excluding carboxylic acids is 2. The average Bonchev–Trinajstić information content (AvgIpc) is 2.54. The first kappa shape index (κ1) is 16.4. The number of benzene rings is 1. The lowest BCUT2D eigenvalue weighted by molar-refractivity contribution is -0.118. The molecule has 1 aromatic heterocycles. The fourth-order valence-corrected chi connectivity index (χ4v) is 1.76. The van der Waals surface area contributed by atoms with Gasteiger partial charge in [0.1, 0.15) is 11.5 Å². The van der Waals surface area contributed by atoms with Crippen molar-refractivity contribution in [3.05, 3.63) is 47.9 Å². The highest BCUT2D eigenvalue weighted by Gasteiger charge is 2.07. The lowest BCUT2D eigenvalue weighted by Crippen LogP contribution is -2.17. The molecule has 0 atom stereocenters. The van der Waals surface area contributed by atoms with Crippen molar-refractivity contribution in [3.8, 4) is 0 Å². The van der Waals surface area contributed by atoms with Gasteiger partial charge in [-0.1, -0.05) is 26.0 Å². The van der Waals surface area contributed by atoms with Crippen LogP contribution in [0.3, 0.4) is 0 Å². The van der Waals surface area contributed by atoms with Crippen molar-refractivity contribution in [1.82, 2.24) is 9.97 Å². The molecule has 0 aliphatic carbocycles. The Morgan fingerprint density at radius 3 is 2.48 bits per heavy atom. The van der Waals surface area contributed by atoms with E-state index in [-0.39, 0.29) is 17.5 Å². The number of amides is 2. The fourth-order valence-electron chi connectivity index (χ4n) is 1.76. The Morgan fingerprint density at radius 2 is 1.87 bits per heavy atom. The van der Waals surface area contributed by atoms with E-state index in [1.165, 1.54) is 12.4 Å². The third-order valence-corrected chi connectivity index (χ3v) is 3.11. The zero-order valence-corrected chi connectivity index (χ0v) is 13.0. The Kier molecular flexibility index (Phi) is 5.24. The molecule has 0 radical (unpaired) electrons. The van der Waals surface area contributed by atoms with Gasteiger partial charge in [-0.2, -0.15) is 0 Å². The number of rotatable bonds is 6. The van der Waals surface area contributed by atoms with E-state index in [2.05, 4.69) is 20.6 Å². The van der Waals surface area contributed by atoms with Crippen LogP contribution >= 0.6 is 0 Å². The second-order valence-electron chi connectivity index (χ2n) is 5.35. The molecular weight excluding hydrogens is 294 g/mol. The van der Waals surface area contributed by atoms with Gasteiger partial charge in [0.25, 0.3) is 5.91 Å². The molecule has 120 valence electrons. The molecule has 7 nitrogen and oxygen atoms in total. The van der Waals surface area contributed by atoms with Crippen molar-refractivity contribution in [2.45, 2.75) is 20.4 Å². The van der Waals surface area contributed by atoms with Crippen LogP contribution in [0, 0.1) is 5.92 Å². The molecule has 7 heteroatoms. The van der Waals surface area contributed by atoms with Gasteiger partial charge in [0.05, 0.1) is 12.4 Å². The van der Waals surface area contributed by atoms with E-state index in [0.29, 0.717) is 12.4 Å². The third-order valence-electron chi connectivity index (χ3n) is 3.11. The lowest BCUT2D eigenvalue weighted by Gasteiger charge is -2.09. The number of carbonyl (C=O) groups is 2. The van der Waals surface area contributed by atoms with Crippen molar-refractivity contribution in [1.29, 1.82) is 0 Å². The summed E-state index contributed by atoms with van der Waals surface area (Å²) < 4.78 is 0. The highest BCUT2D eigenvalue weighted by molar-refractivity contribution is 5.92. The summed E-state index contributed by atoms with van der Waals surface area (Å²) in [5.41, 5.74) is 7.03. The van der Waals surface area contributed by atoms with Gasteiger partial charge in [-0.05, 0) is 17.7 Å². The maximum Gasteiger partial charge on any atom is 0.268 e. The molecule has 2 aromatic rings. The van der Waals surface area contributed by atoms with Crippen molar-refractivity contribution >= 4 is 23.3 Å². The van der Waals surface area contributed by atoms with E-state index >= 15 is 0 Å². The molecular formula is C16H19N5O2. The summed E-state index contributed by atoms with van der Waals surface area (Å²) in [6.07, 6.45) is 2.84. The number of hydrogen-bond acceptors (Lipinski definition) is 5. The molecule has 1 heterocycles. The Labute approximate surface area is 134 Å². The second-order valence-corrected chi connectivity index (χ2v) is 5.35. The molecule has 4 N–H and O–H groups in total. The van der Waals surface area contributed by atoms with Crippen LogP contribution in [0.4, 0.5) is 11.5 Å². The summed E-state index contributed by atoms with van der Waals surface area (Å²) >= 11 is 0. The van der Waals surface area contributed by atoms with Crippen molar-refractivity contribution < 1.29 is 9.59 Å². The molecule has 23 heavy (non-hydrogen) atoms. The molecule has 0 saturated carbocycles. The van der Waals surface area contributed by atoms with Crippen LogP contribution in [0.5, 0.6) is 0 Å². The van der Waals surface area contributed by atoms with Crippen molar-refractivity contribution in [2.75, 3.05) is 10.6 Å². The summed E-state index contributed by atoms with van der Waals surface area (Å²) in [5.74, 6) is -0.230. The Balaban J connectivity index is 1.95. The Bertz CT molecular complexity index is 698. The first-order valence-electron chi connectivity index (χ1n) is 7.21. The van der Waals surface area contributed by atoms with Gasteiger partial charge in [0, 0.05) is 18.2 Å². The van der Waals surface area contributed by atoms with Crippen LogP contribution in [-0.2, 0) is 11.3 Å². The molecule has 2 rings (SSSR count). The second kappa shape index (κ2) is 7.35. The molecule has 2 amide bonds. The maximum absolute atomic E-state index is 11.6. The monoisotopic (exact) mass is 313 g/mol.